The summed E-state index contributed by atoms with van der Waals surface area (Å²) < 4.78 is 0. The van der Waals surface area contributed by atoms with E-state index in [0.29, 0.717) is 31.8 Å². The Kier molecular flexibility index (Phi) is 8.26. The van der Waals surface area contributed by atoms with E-state index in [-0.39, 0.29) is 17.4 Å². The topological polar surface area (TPSA) is 66.6 Å². The molecular weight excluding hydrogens is 240 g/mol. The van der Waals surface area contributed by atoms with Crippen LogP contribution in [0, 0.1) is 11.3 Å². The van der Waals surface area contributed by atoms with E-state index in [0.717, 1.165) is 12.8 Å². The maximum atomic E-state index is 12.0. The van der Waals surface area contributed by atoms with Gasteiger partial charge in [-0.1, -0.05) is 20.8 Å². The third-order valence-corrected chi connectivity index (χ3v) is 3.75. The normalized spacial score (nSPS) is 15.1. The molecule has 0 spiro atoms. The Morgan fingerprint density at radius 2 is 1.84 bits per heavy atom. The van der Waals surface area contributed by atoms with E-state index >= 15 is 0 Å². The summed E-state index contributed by atoms with van der Waals surface area (Å²) in [5.74, 6) is 0.638. The van der Waals surface area contributed by atoms with Gasteiger partial charge < -0.3 is 15.7 Å². The first-order valence-corrected chi connectivity index (χ1v) is 7.30. The molecule has 3 N–H and O–H groups in total. The lowest BCUT2D eigenvalue weighted by molar-refractivity contribution is -0.130. The first-order valence-electron chi connectivity index (χ1n) is 7.30. The molecule has 0 fully saturated rings. The van der Waals surface area contributed by atoms with Gasteiger partial charge in [-0.3, -0.25) is 4.79 Å². The fourth-order valence-corrected chi connectivity index (χ4v) is 2.21. The quantitative estimate of drug-likeness (QED) is 0.710. The van der Waals surface area contributed by atoms with Crippen molar-refractivity contribution in [3.63, 3.8) is 0 Å². The maximum Gasteiger partial charge on any atom is 0.222 e. The smallest absolute Gasteiger partial charge is 0.222 e. The lowest BCUT2D eigenvalue weighted by Gasteiger charge is -2.31. The number of aliphatic hydroxyl groups is 1. The number of amides is 1. The predicted molar refractivity (Wildman–Crippen MR) is 79.8 cm³/mol. The molecule has 19 heavy (non-hydrogen) atoms. The van der Waals surface area contributed by atoms with Gasteiger partial charge in [-0.25, -0.2) is 0 Å². The molecule has 1 amide bonds. The van der Waals surface area contributed by atoms with E-state index in [1.54, 1.807) is 18.9 Å². The van der Waals surface area contributed by atoms with Gasteiger partial charge in [0.2, 0.25) is 5.91 Å². The van der Waals surface area contributed by atoms with Gasteiger partial charge in [-0.2, -0.15) is 0 Å². The standard InChI is InChI=1S/C15H32N2O2/c1-12(18)9-11-17(5)14(19)7-6-13(8-10-16)15(2,3)4/h12-13,18H,6-11,16H2,1-5H3. The Morgan fingerprint density at radius 1 is 1.26 bits per heavy atom. The summed E-state index contributed by atoms with van der Waals surface area (Å²) >= 11 is 0. The SMILES string of the molecule is CC(O)CCN(C)C(=O)CCC(CCN)C(C)(C)C. The summed E-state index contributed by atoms with van der Waals surface area (Å²) in [6, 6.07) is 0. The number of hydrogen-bond acceptors (Lipinski definition) is 3. The van der Waals surface area contributed by atoms with Gasteiger partial charge in [-0.15, -0.1) is 0 Å². The monoisotopic (exact) mass is 272 g/mol. The van der Waals surface area contributed by atoms with Crippen LogP contribution in [0.3, 0.4) is 0 Å². The van der Waals surface area contributed by atoms with Gasteiger partial charge in [0.25, 0.3) is 0 Å². The molecule has 0 aliphatic carbocycles. The van der Waals surface area contributed by atoms with Crippen LogP contribution in [0.4, 0.5) is 0 Å². The first kappa shape index (κ1) is 18.4. The van der Waals surface area contributed by atoms with Crippen molar-refractivity contribution in [3.8, 4) is 0 Å². The summed E-state index contributed by atoms with van der Waals surface area (Å²) in [6.07, 6.45) is 2.70. The molecule has 0 aromatic carbocycles. The van der Waals surface area contributed by atoms with E-state index in [1.165, 1.54) is 0 Å². The number of hydrogen-bond donors (Lipinski definition) is 2. The van der Waals surface area contributed by atoms with E-state index in [2.05, 4.69) is 20.8 Å². The van der Waals surface area contributed by atoms with Gasteiger partial charge in [0.15, 0.2) is 0 Å². The van der Waals surface area contributed by atoms with Crippen LogP contribution in [0.2, 0.25) is 0 Å². The maximum absolute atomic E-state index is 12.0. The molecule has 0 heterocycles. The predicted octanol–water partition coefficient (Wildman–Crippen LogP) is 2.01. The van der Waals surface area contributed by atoms with Crippen LogP contribution in [-0.4, -0.2) is 42.2 Å². The molecule has 2 unspecified atom stereocenters. The van der Waals surface area contributed by atoms with Gasteiger partial charge in [0.05, 0.1) is 6.10 Å². The molecule has 2 atom stereocenters. The van der Waals surface area contributed by atoms with Crippen LogP contribution in [-0.2, 0) is 4.79 Å². The zero-order chi connectivity index (χ0) is 15.1. The van der Waals surface area contributed by atoms with Crippen LogP contribution < -0.4 is 5.73 Å². The lowest BCUT2D eigenvalue weighted by atomic mass is 9.76. The summed E-state index contributed by atoms with van der Waals surface area (Å²) in [5, 5.41) is 9.23. The molecule has 4 heteroatoms. The third kappa shape index (κ3) is 8.22. The highest BCUT2D eigenvalue weighted by atomic mass is 16.3. The second kappa shape index (κ2) is 8.54. The van der Waals surface area contributed by atoms with Crippen LogP contribution in [0.25, 0.3) is 0 Å². The minimum absolute atomic E-state index is 0.159. The molecule has 0 saturated heterocycles. The second-order valence-electron chi connectivity index (χ2n) is 6.63. The van der Waals surface area contributed by atoms with Crippen molar-refractivity contribution in [1.82, 2.24) is 4.90 Å². The Bertz CT molecular complexity index is 259. The van der Waals surface area contributed by atoms with E-state index in [1.807, 2.05) is 0 Å². The zero-order valence-electron chi connectivity index (χ0n) is 13.3. The Labute approximate surface area is 118 Å². The highest BCUT2D eigenvalue weighted by molar-refractivity contribution is 5.75. The number of nitrogens with zero attached hydrogens (tertiary/aromatic N) is 1. The zero-order valence-corrected chi connectivity index (χ0v) is 13.3. The van der Waals surface area contributed by atoms with E-state index in [9.17, 15) is 9.90 Å². The Balaban J connectivity index is 4.17. The highest BCUT2D eigenvalue weighted by Gasteiger charge is 2.24. The number of aliphatic hydroxyl groups excluding tert-OH is 1. The third-order valence-electron chi connectivity index (χ3n) is 3.75. The largest absolute Gasteiger partial charge is 0.393 e. The number of rotatable bonds is 8. The fourth-order valence-electron chi connectivity index (χ4n) is 2.21. The van der Waals surface area contributed by atoms with Crippen LogP contribution in [0.15, 0.2) is 0 Å². The first-order chi connectivity index (χ1) is 8.68. The number of carbonyl (C=O) groups excluding carboxylic acids is 1. The van der Waals surface area contributed by atoms with Gasteiger partial charge >= 0.3 is 0 Å². The summed E-state index contributed by atoms with van der Waals surface area (Å²) in [7, 11) is 1.81. The minimum atomic E-state index is -0.352. The molecule has 0 aliphatic rings. The molecule has 0 aliphatic heterocycles. The van der Waals surface area contributed by atoms with Gasteiger partial charge in [0.1, 0.15) is 0 Å². The van der Waals surface area contributed by atoms with Gasteiger partial charge in [-0.05, 0) is 44.1 Å². The van der Waals surface area contributed by atoms with E-state index in [4.69, 9.17) is 5.73 Å². The van der Waals surface area contributed by atoms with Crippen molar-refractivity contribution in [2.24, 2.45) is 17.1 Å². The molecule has 114 valence electrons. The molecular formula is C15H32N2O2. The van der Waals surface area contributed by atoms with Crippen LogP contribution >= 0.6 is 0 Å². The summed E-state index contributed by atoms with van der Waals surface area (Å²) in [4.78, 5) is 13.7. The molecule has 4 nitrogen and oxygen atoms in total. The van der Waals surface area contributed by atoms with Crippen molar-refractivity contribution in [3.05, 3.63) is 0 Å². The molecule has 0 radical (unpaired) electrons. The van der Waals surface area contributed by atoms with E-state index < -0.39 is 0 Å². The second-order valence-corrected chi connectivity index (χ2v) is 6.63. The molecule has 0 rings (SSSR count). The Morgan fingerprint density at radius 3 is 2.26 bits per heavy atom. The Hall–Kier alpha value is -0.610. The highest BCUT2D eigenvalue weighted by Crippen LogP contribution is 2.32. The minimum Gasteiger partial charge on any atom is -0.393 e. The van der Waals surface area contributed by atoms with Crippen molar-refractivity contribution in [2.45, 2.75) is 59.5 Å². The van der Waals surface area contributed by atoms with Crippen molar-refractivity contribution in [2.75, 3.05) is 20.1 Å². The number of carbonyl (C=O) groups is 1. The summed E-state index contributed by atoms with van der Waals surface area (Å²) in [5.41, 5.74) is 5.84. The van der Waals surface area contributed by atoms with Crippen molar-refractivity contribution >= 4 is 5.91 Å². The summed E-state index contributed by atoms with van der Waals surface area (Å²) in [6.45, 7) is 9.65. The molecule has 0 aromatic heterocycles. The fraction of sp³-hybridized carbons (Fsp3) is 0.933. The lowest BCUT2D eigenvalue weighted by Crippen LogP contribution is -2.31. The molecule has 0 aromatic rings. The number of nitrogens with two attached hydrogens (primary N) is 1. The van der Waals surface area contributed by atoms with Crippen LogP contribution in [0.5, 0.6) is 0 Å². The average Bonchev–Trinajstić information content (AvgIpc) is 2.29. The average molecular weight is 272 g/mol. The molecule has 0 bridgehead atoms. The van der Waals surface area contributed by atoms with Crippen molar-refractivity contribution < 1.29 is 9.90 Å². The van der Waals surface area contributed by atoms with Gasteiger partial charge in [0, 0.05) is 20.0 Å². The molecule has 0 saturated carbocycles. The van der Waals surface area contributed by atoms with Crippen LogP contribution in [0.1, 0.15) is 53.4 Å². The van der Waals surface area contributed by atoms with Crippen molar-refractivity contribution in [1.29, 1.82) is 0 Å².